The normalized spacial score (nSPS) is 10.7. The molecule has 0 fully saturated rings. The fourth-order valence-corrected chi connectivity index (χ4v) is 1.99. The Hall–Kier alpha value is -1.05. The first kappa shape index (κ1) is 13.0. The molecule has 90 valence electrons. The van der Waals surface area contributed by atoms with Gasteiger partial charge in [0.1, 0.15) is 0 Å². The second-order valence-corrected chi connectivity index (χ2v) is 4.61. The van der Waals surface area contributed by atoms with Crippen LogP contribution in [0.3, 0.4) is 0 Å². The van der Waals surface area contributed by atoms with Gasteiger partial charge in [-0.05, 0) is 20.3 Å². The molecule has 0 aliphatic carbocycles. The summed E-state index contributed by atoms with van der Waals surface area (Å²) in [5.74, 6) is 0. The Labute approximate surface area is 98.3 Å². The summed E-state index contributed by atoms with van der Waals surface area (Å²) >= 11 is 0. The van der Waals surface area contributed by atoms with Crippen LogP contribution in [0.5, 0.6) is 0 Å². The van der Waals surface area contributed by atoms with Crippen molar-refractivity contribution in [2.45, 2.75) is 59.4 Å². The molecule has 0 N–H and O–H groups in total. The third kappa shape index (κ3) is 3.84. The lowest BCUT2D eigenvalue weighted by atomic mass is 10.1. The van der Waals surface area contributed by atoms with E-state index in [4.69, 9.17) is 0 Å². The third-order valence-corrected chi connectivity index (χ3v) is 2.96. The molecule has 1 aromatic heterocycles. The molecule has 0 amide bonds. The van der Waals surface area contributed by atoms with Gasteiger partial charge < -0.3 is 4.57 Å². The van der Waals surface area contributed by atoms with Gasteiger partial charge in [-0.1, -0.05) is 32.6 Å². The molecule has 0 atom stereocenters. The lowest BCUT2D eigenvalue weighted by molar-refractivity contribution is 0.564. The molecule has 0 aromatic carbocycles. The van der Waals surface area contributed by atoms with Crippen molar-refractivity contribution in [2.24, 2.45) is 0 Å². The molecule has 1 rings (SSSR count). The zero-order chi connectivity index (χ0) is 12.0. The van der Waals surface area contributed by atoms with E-state index in [1.165, 1.54) is 32.1 Å². The summed E-state index contributed by atoms with van der Waals surface area (Å²) in [5.41, 5.74) is 1.89. The Bertz CT molecular complexity index is 353. The van der Waals surface area contributed by atoms with E-state index in [2.05, 4.69) is 11.5 Å². The summed E-state index contributed by atoms with van der Waals surface area (Å²) in [5, 5.41) is 0. The topological polar surface area (TPSA) is 22.0 Å². The number of rotatable bonds is 6. The van der Waals surface area contributed by atoms with Gasteiger partial charge in [0.05, 0.1) is 0 Å². The average molecular weight is 221 g/mol. The van der Waals surface area contributed by atoms with Crippen molar-refractivity contribution in [2.75, 3.05) is 0 Å². The largest absolute Gasteiger partial charge is 0.353 e. The summed E-state index contributed by atoms with van der Waals surface area (Å²) in [4.78, 5) is 11.5. The first-order chi connectivity index (χ1) is 7.65. The molecule has 0 spiro atoms. The van der Waals surface area contributed by atoms with Gasteiger partial charge >= 0.3 is 0 Å². The number of aromatic nitrogens is 1. The van der Waals surface area contributed by atoms with Gasteiger partial charge in [-0.3, -0.25) is 4.79 Å². The van der Waals surface area contributed by atoms with Crippen molar-refractivity contribution in [1.29, 1.82) is 0 Å². The standard InChI is InChI=1S/C14H23NO/c1-4-5-6-7-8-9-15-10-12(2)14(16)13(3)11-15/h10-11H,4-9H2,1-3H3. The van der Waals surface area contributed by atoms with Crippen molar-refractivity contribution in [3.63, 3.8) is 0 Å². The fraction of sp³-hybridized carbons (Fsp3) is 0.643. The SMILES string of the molecule is CCCCCCCn1cc(C)c(=O)c(C)c1. The molecule has 0 saturated carbocycles. The molecule has 0 aliphatic heterocycles. The molecule has 0 bridgehead atoms. The quantitative estimate of drug-likeness (QED) is 0.674. The van der Waals surface area contributed by atoms with Crippen LogP contribution in [-0.4, -0.2) is 4.57 Å². The van der Waals surface area contributed by atoms with Gasteiger partial charge in [0, 0.05) is 30.1 Å². The monoisotopic (exact) mass is 221 g/mol. The van der Waals surface area contributed by atoms with Gasteiger partial charge in [-0.25, -0.2) is 0 Å². The first-order valence-electron chi connectivity index (χ1n) is 6.32. The predicted octanol–water partition coefficient (Wildman–Crippen LogP) is 3.44. The summed E-state index contributed by atoms with van der Waals surface area (Å²) in [6.45, 7) is 7.05. The second-order valence-electron chi connectivity index (χ2n) is 4.61. The minimum absolute atomic E-state index is 0.183. The van der Waals surface area contributed by atoms with E-state index in [0.717, 1.165) is 17.7 Å². The van der Waals surface area contributed by atoms with Crippen LogP contribution in [0.25, 0.3) is 0 Å². The Morgan fingerprint density at radius 2 is 1.56 bits per heavy atom. The highest BCUT2D eigenvalue weighted by Crippen LogP contribution is 2.05. The minimum atomic E-state index is 0.183. The van der Waals surface area contributed by atoms with Gasteiger partial charge in [0.25, 0.3) is 0 Å². The Kier molecular flexibility index (Phi) is 5.30. The molecule has 2 heteroatoms. The number of aryl methyl sites for hydroxylation is 3. The summed E-state index contributed by atoms with van der Waals surface area (Å²) in [7, 11) is 0. The van der Waals surface area contributed by atoms with Crippen molar-refractivity contribution in [3.05, 3.63) is 33.7 Å². The summed E-state index contributed by atoms with van der Waals surface area (Å²) in [6, 6.07) is 0. The lowest BCUT2D eigenvalue weighted by Gasteiger charge is -2.08. The molecule has 2 nitrogen and oxygen atoms in total. The average Bonchev–Trinajstić information content (AvgIpc) is 2.25. The third-order valence-electron chi connectivity index (χ3n) is 2.96. The zero-order valence-electron chi connectivity index (χ0n) is 10.8. The second kappa shape index (κ2) is 6.51. The minimum Gasteiger partial charge on any atom is -0.353 e. The number of hydrogen-bond acceptors (Lipinski definition) is 1. The molecule has 0 saturated heterocycles. The number of hydrogen-bond donors (Lipinski definition) is 0. The molecular formula is C14H23NO. The molecule has 16 heavy (non-hydrogen) atoms. The lowest BCUT2D eigenvalue weighted by Crippen LogP contribution is -2.13. The smallest absolute Gasteiger partial charge is 0.187 e. The number of unbranched alkanes of at least 4 members (excludes halogenated alkanes) is 4. The highest BCUT2D eigenvalue weighted by atomic mass is 16.1. The first-order valence-corrected chi connectivity index (χ1v) is 6.32. The van der Waals surface area contributed by atoms with E-state index in [0.29, 0.717) is 0 Å². The molecule has 1 aromatic rings. The van der Waals surface area contributed by atoms with Gasteiger partial charge in [0.2, 0.25) is 0 Å². The van der Waals surface area contributed by atoms with E-state index in [-0.39, 0.29) is 5.43 Å². The predicted molar refractivity (Wildman–Crippen MR) is 68.9 cm³/mol. The Morgan fingerprint density at radius 1 is 1.00 bits per heavy atom. The van der Waals surface area contributed by atoms with E-state index in [9.17, 15) is 4.79 Å². The highest BCUT2D eigenvalue weighted by molar-refractivity contribution is 5.16. The van der Waals surface area contributed by atoms with Crippen LogP contribution in [0.15, 0.2) is 17.2 Å². The van der Waals surface area contributed by atoms with E-state index in [1.807, 2.05) is 26.2 Å². The maximum atomic E-state index is 11.5. The van der Waals surface area contributed by atoms with Gasteiger partial charge in [0.15, 0.2) is 5.43 Å². The molecule has 0 aliphatic rings. The molecular weight excluding hydrogens is 198 g/mol. The summed E-state index contributed by atoms with van der Waals surface area (Å²) < 4.78 is 2.15. The van der Waals surface area contributed by atoms with Crippen molar-refractivity contribution >= 4 is 0 Å². The molecule has 0 unspecified atom stereocenters. The van der Waals surface area contributed by atoms with Crippen LogP contribution in [0.1, 0.15) is 50.2 Å². The van der Waals surface area contributed by atoms with Crippen LogP contribution < -0.4 is 5.43 Å². The highest BCUT2D eigenvalue weighted by Gasteiger charge is 1.99. The van der Waals surface area contributed by atoms with Crippen LogP contribution >= 0.6 is 0 Å². The Balaban J connectivity index is 2.46. The van der Waals surface area contributed by atoms with Crippen molar-refractivity contribution in [3.8, 4) is 0 Å². The molecule has 0 radical (unpaired) electrons. The van der Waals surface area contributed by atoms with Crippen LogP contribution in [-0.2, 0) is 6.54 Å². The molecule has 1 heterocycles. The van der Waals surface area contributed by atoms with Crippen LogP contribution in [0, 0.1) is 13.8 Å². The van der Waals surface area contributed by atoms with E-state index in [1.54, 1.807) is 0 Å². The van der Waals surface area contributed by atoms with E-state index >= 15 is 0 Å². The van der Waals surface area contributed by atoms with Crippen molar-refractivity contribution in [1.82, 2.24) is 4.57 Å². The van der Waals surface area contributed by atoms with Crippen LogP contribution in [0.2, 0.25) is 0 Å². The maximum absolute atomic E-state index is 11.5. The number of pyridine rings is 1. The zero-order valence-corrected chi connectivity index (χ0v) is 10.8. The number of nitrogens with zero attached hydrogens (tertiary/aromatic N) is 1. The van der Waals surface area contributed by atoms with Gasteiger partial charge in [-0.2, -0.15) is 0 Å². The van der Waals surface area contributed by atoms with Crippen molar-refractivity contribution < 1.29 is 0 Å². The fourth-order valence-electron chi connectivity index (χ4n) is 1.99. The maximum Gasteiger partial charge on any atom is 0.187 e. The summed E-state index contributed by atoms with van der Waals surface area (Å²) in [6.07, 6.45) is 10.4. The van der Waals surface area contributed by atoms with E-state index < -0.39 is 0 Å². The Morgan fingerprint density at radius 3 is 2.12 bits per heavy atom. The van der Waals surface area contributed by atoms with Gasteiger partial charge in [-0.15, -0.1) is 0 Å². The van der Waals surface area contributed by atoms with Crippen LogP contribution in [0.4, 0.5) is 0 Å².